The molecule has 126 valence electrons. The number of nitrogens with one attached hydrogen (secondary N) is 1. The van der Waals surface area contributed by atoms with Crippen molar-refractivity contribution in [3.63, 3.8) is 0 Å². The van der Waals surface area contributed by atoms with Gasteiger partial charge in [-0.05, 0) is 35.4 Å². The predicted molar refractivity (Wildman–Crippen MR) is 96.4 cm³/mol. The standard InChI is InChI=1S/C19H22N2O3/c1-3-14-5-4-6-16(11-14)21-19(22)13-15-7-8-17(24-10-9-20)18(12-15)23-2/h3-8,11-12H,1,9-10,13,20H2,2H3,(H,21,22). The fourth-order valence-electron chi connectivity index (χ4n) is 2.24. The lowest BCUT2D eigenvalue weighted by molar-refractivity contribution is -0.115. The van der Waals surface area contributed by atoms with Crippen LogP contribution in [0.2, 0.25) is 0 Å². The topological polar surface area (TPSA) is 73.6 Å². The van der Waals surface area contributed by atoms with Crippen LogP contribution in [0.15, 0.2) is 49.0 Å². The summed E-state index contributed by atoms with van der Waals surface area (Å²) >= 11 is 0. The van der Waals surface area contributed by atoms with Crippen molar-refractivity contribution in [1.82, 2.24) is 0 Å². The van der Waals surface area contributed by atoms with Gasteiger partial charge in [-0.25, -0.2) is 0 Å². The van der Waals surface area contributed by atoms with E-state index in [1.165, 1.54) is 0 Å². The van der Waals surface area contributed by atoms with E-state index in [-0.39, 0.29) is 12.3 Å². The monoisotopic (exact) mass is 326 g/mol. The Hall–Kier alpha value is -2.79. The first-order valence-corrected chi connectivity index (χ1v) is 7.68. The van der Waals surface area contributed by atoms with E-state index in [2.05, 4.69) is 11.9 Å². The van der Waals surface area contributed by atoms with Crippen LogP contribution in [-0.2, 0) is 11.2 Å². The van der Waals surface area contributed by atoms with Crippen molar-refractivity contribution < 1.29 is 14.3 Å². The number of anilines is 1. The molecule has 5 heteroatoms. The molecule has 2 aromatic carbocycles. The summed E-state index contributed by atoms with van der Waals surface area (Å²) in [5.41, 5.74) is 7.97. The van der Waals surface area contributed by atoms with Gasteiger partial charge in [-0.2, -0.15) is 0 Å². The molecule has 0 saturated carbocycles. The third kappa shape index (κ3) is 4.86. The lowest BCUT2D eigenvalue weighted by atomic mass is 10.1. The highest BCUT2D eigenvalue weighted by atomic mass is 16.5. The van der Waals surface area contributed by atoms with Crippen molar-refractivity contribution >= 4 is 17.7 Å². The highest BCUT2D eigenvalue weighted by molar-refractivity contribution is 5.92. The number of benzene rings is 2. The molecule has 0 radical (unpaired) electrons. The van der Waals surface area contributed by atoms with E-state index in [0.717, 1.165) is 16.8 Å². The smallest absolute Gasteiger partial charge is 0.228 e. The minimum atomic E-state index is -0.103. The van der Waals surface area contributed by atoms with Crippen LogP contribution in [0, 0.1) is 0 Å². The van der Waals surface area contributed by atoms with Gasteiger partial charge in [0.1, 0.15) is 6.61 Å². The van der Waals surface area contributed by atoms with Gasteiger partial charge in [0.25, 0.3) is 0 Å². The Labute approximate surface area is 142 Å². The van der Waals surface area contributed by atoms with Gasteiger partial charge >= 0.3 is 0 Å². The SMILES string of the molecule is C=Cc1cccc(NC(=O)Cc2ccc(OCCN)c(OC)c2)c1. The van der Waals surface area contributed by atoms with Crippen LogP contribution in [0.3, 0.4) is 0 Å². The summed E-state index contributed by atoms with van der Waals surface area (Å²) in [6, 6.07) is 12.9. The largest absolute Gasteiger partial charge is 0.493 e. The van der Waals surface area contributed by atoms with Gasteiger partial charge in [0.2, 0.25) is 5.91 Å². The van der Waals surface area contributed by atoms with E-state index in [1.807, 2.05) is 30.3 Å². The molecule has 0 aromatic heterocycles. The molecule has 5 nitrogen and oxygen atoms in total. The number of carbonyl (C=O) groups excluding carboxylic acids is 1. The Morgan fingerprint density at radius 2 is 2.08 bits per heavy atom. The molecule has 0 unspecified atom stereocenters. The summed E-state index contributed by atoms with van der Waals surface area (Å²) in [6.45, 7) is 4.56. The second kappa shape index (κ2) is 8.74. The van der Waals surface area contributed by atoms with Crippen molar-refractivity contribution in [2.45, 2.75) is 6.42 Å². The summed E-state index contributed by atoms with van der Waals surface area (Å²) in [5, 5.41) is 2.88. The third-order valence-corrected chi connectivity index (χ3v) is 3.37. The van der Waals surface area contributed by atoms with Crippen LogP contribution in [0.25, 0.3) is 6.08 Å². The predicted octanol–water partition coefficient (Wildman–Crippen LogP) is 2.86. The minimum Gasteiger partial charge on any atom is -0.493 e. The molecule has 0 aliphatic carbocycles. The van der Waals surface area contributed by atoms with Gasteiger partial charge < -0.3 is 20.5 Å². The zero-order chi connectivity index (χ0) is 17.4. The zero-order valence-corrected chi connectivity index (χ0v) is 13.7. The number of amides is 1. The lowest BCUT2D eigenvalue weighted by Crippen LogP contribution is -2.14. The molecular weight excluding hydrogens is 304 g/mol. The first kappa shape index (κ1) is 17.6. The Balaban J connectivity index is 2.04. The van der Waals surface area contributed by atoms with Crippen molar-refractivity contribution in [2.24, 2.45) is 5.73 Å². The molecule has 1 amide bonds. The maximum Gasteiger partial charge on any atom is 0.228 e. The Morgan fingerprint density at radius 3 is 2.79 bits per heavy atom. The van der Waals surface area contributed by atoms with Gasteiger partial charge in [-0.15, -0.1) is 0 Å². The molecule has 0 aliphatic rings. The second-order valence-corrected chi connectivity index (χ2v) is 5.18. The molecular formula is C19H22N2O3. The Kier molecular flexibility index (Phi) is 6.40. The van der Waals surface area contributed by atoms with Crippen molar-refractivity contribution in [3.8, 4) is 11.5 Å². The fraction of sp³-hybridized carbons (Fsp3) is 0.211. The summed E-state index contributed by atoms with van der Waals surface area (Å²) < 4.78 is 10.8. The van der Waals surface area contributed by atoms with E-state index in [4.69, 9.17) is 15.2 Å². The van der Waals surface area contributed by atoms with Crippen LogP contribution in [-0.4, -0.2) is 26.2 Å². The molecule has 0 heterocycles. The van der Waals surface area contributed by atoms with Gasteiger partial charge in [-0.1, -0.05) is 30.9 Å². The molecule has 0 bridgehead atoms. The van der Waals surface area contributed by atoms with Gasteiger partial charge in [0.05, 0.1) is 13.5 Å². The van der Waals surface area contributed by atoms with Crippen LogP contribution in [0.5, 0.6) is 11.5 Å². The lowest BCUT2D eigenvalue weighted by Gasteiger charge is -2.12. The first-order chi connectivity index (χ1) is 11.7. The molecule has 2 rings (SSSR count). The number of rotatable bonds is 8. The fourth-order valence-corrected chi connectivity index (χ4v) is 2.24. The van der Waals surface area contributed by atoms with Crippen LogP contribution in [0.1, 0.15) is 11.1 Å². The summed E-state index contributed by atoms with van der Waals surface area (Å²) in [5.74, 6) is 1.10. The number of hydrogen-bond acceptors (Lipinski definition) is 4. The molecule has 0 saturated heterocycles. The van der Waals surface area contributed by atoms with Gasteiger partial charge in [-0.3, -0.25) is 4.79 Å². The average Bonchev–Trinajstić information content (AvgIpc) is 2.60. The molecule has 0 aliphatic heterocycles. The molecule has 0 atom stereocenters. The van der Waals surface area contributed by atoms with Crippen molar-refractivity contribution in [1.29, 1.82) is 0 Å². The van der Waals surface area contributed by atoms with E-state index in [9.17, 15) is 4.79 Å². The number of nitrogens with two attached hydrogens (primary N) is 1. The highest BCUT2D eigenvalue weighted by Crippen LogP contribution is 2.28. The Bertz CT molecular complexity index is 714. The molecule has 3 N–H and O–H groups in total. The summed E-state index contributed by atoms with van der Waals surface area (Å²) in [6.07, 6.45) is 1.98. The number of ether oxygens (including phenoxy) is 2. The van der Waals surface area contributed by atoms with Crippen molar-refractivity contribution in [2.75, 3.05) is 25.6 Å². The van der Waals surface area contributed by atoms with Crippen LogP contribution in [0.4, 0.5) is 5.69 Å². The second-order valence-electron chi connectivity index (χ2n) is 5.18. The molecule has 24 heavy (non-hydrogen) atoms. The van der Waals surface area contributed by atoms with E-state index >= 15 is 0 Å². The number of carbonyl (C=O) groups is 1. The van der Waals surface area contributed by atoms with Crippen LogP contribution < -0.4 is 20.5 Å². The molecule has 0 fully saturated rings. The highest BCUT2D eigenvalue weighted by Gasteiger charge is 2.09. The van der Waals surface area contributed by atoms with Gasteiger partial charge in [0.15, 0.2) is 11.5 Å². The third-order valence-electron chi connectivity index (χ3n) is 3.37. The number of hydrogen-bond donors (Lipinski definition) is 2. The molecule has 2 aromatic rings. The summed E-state index contributed by atoms with van der Waals surface area (Å²) in [4.78, 5) is 12.2. The van der Waals surface area contributed by atoms with E-state index < -0.39 is 0 Å². The van der Waals surface area contributed by atoms with E-state index in [0.29, 0.717) is 24.7 Å². The van der Waals surface area contributed by atoms with Crippen LogP contribution >= 0.6 is 0 Å². The average molecular weight is 326 g/mol. The van der Waals surface area contributed by atoms with Gasteiger partial charge in [0, 0.05) is 12.2 Å². The maximum atomic E-state index is 12.2. The quantitative estimate of drug-likeness (QED) is 0.782. The normalized spacial score (nSPS) is 10.1. The zero-order valence-electron chi connectivity index (χ0n) is 13.7. The number of methoxy groups -OCH3 is 1. The summed E-state index contributed by atoms with van der Waals surface area (Å²) in [7, 11) is 1.56. The Morgan fingerprint density at radius 1 is 1.25 bits per heavy atom. The van der Waals surface area contributed by atoms with E-state index in [1.54, 1.807) is 25.3 Å². The van der Waals surface area contributed by atoms with Crippen molar-refractivity contribution in [3.05, 3.63) is 60.2 Å². The first-order valence-electron chi connectivity index (χ1n) is 7.68. The molecule has 0 spiro atoms. The minimum absolute atomic E-state index is 0.103. The maximum absolute atomic E-state index is 12.2.